The summed E-state index contributed by atoms with van der Waals surface area (Å²) in [5.74, 6) is -0.198. The monoisotopic (exact) mass is 440 g/mol. The Morgan fingerprint density at radius 3 is 1.77 bits per heavy atom. The number of hydrogen-bond donors (Lipinski definition) is 0. The molecule has 9 nitrogen and oxygen atoms in total. The average Bonchev–Trinajstić information content (AvgIpc) is 2.74. The normalized spacial score (nSPS) is 10.5. The van der Waals surface area contributed by atoms with Crippen LogP contribution in [-0.4, -0.2) is 20.6 Å². The summed E-state index contributed by atoms with van der Waals surface area (Å²) in [6.07, 6.45) is 1.50. The predicted octanol–water partition coefficient (Wildman–Crippen LogP) is 4.96. The highest BCUT2D eigenvalue weighted by Gasteiger charge is 2.18. The van der Waals surface area contributed by atoms with Gasteiger partial charge in [-0.3, -0.25) is 25.0 Å². The Balaban J connectivity index is 1.98. The summed E-state index contributed by atoms with van der Waals surface area (Å²) in [5, 5.41) is 22.0. The third-order valence-corrected chi connectivity index (χ3v) is 4.82. The minimum Gasteiger partial charge on any atom is -0.361 e. The number of anilines is 1. The Bertz CT molecular complexity index is 1070. The lowest BCUT2D eigenvalue weighted by Gasteiger charge is -2.26. The SMILES string of the molecule is CC(=O)c1cc(Cl)ncc1N(Cc1ccc([N+](=O)[O-])cc1)Cc1ccc([N+](=O)[O-])cc1. The van der Waals surface area contributed by atoms with Crippen LogP contribution in [0, 0.1) is 20.2 Å². The highest BCUT2D eigenvalue weighted by molar-refractivity contribution is 6.29. The fourth-order valence-corrected chi connectivity index (χ4v) is 3.23. The van der Waals surface area contributed by atoms with Gasteiger partial charge in [0, 0.05) is 42.9 Å². The van der Waals surface area contributed by atoms with E-state index in [1.807, 2.05) is 4.90 Å². The Labute approximate surface area is 182 Å². The molecule has 0 N–H and O–H groups in total. The van der Waals surface area contributed by atoms with E-state index in [9.17, 15) is 25.0 Å². The van der Waals surface area contributed by atoms with Gasteiger partial charge in [-0.25, -0.2) is 4.98 Å². The molecule has 3 rings (SSSR count). The number of Topliss-reactive ketones (excluding diaryl/α,β-unsaturated/α-hetero) is 1. The maximum absolute atomic E-state index is 12.2. The van der Waals surface area contributed by atoms with Crippen LogP contribution in [0.25, 0.3) is 0 Å². The molecule has 31 heavy (non-hydrogen) atoms. The summed E-state index contributed by atoms with van der Waals surface area (Å²) in [6, 6.07) is 13.7. The van der Waals surface area contributed by atoms with Gasteiger partial charge in [-0.2, -0.15) is 0 Å². The molecule has 0 aliphatic carbocycles. The standard InChI is InChI=1S/C21H17ClN4O5/c1-14(27)19-10-21(22)23-11-20(19)24(12-15-2-6-17(7-3-15)25(28)29)13-16-4-8-18(9-5-16)26(30)31/h2-11H,12-13H2,1H3. The number of nitro benzene ring substituents is 2. The summed E-state index contributed by atoms with van der Waals surface area (Å²) in [7, 11) is 0. The maximum atomic E-state index is 12.2. The Hall–Kier alpha value is -3.85. The van der Waals surface area contributed by atoms with E-state index in [2.05, 4.69) is 4.98 Å². The lowest BCUT2D eigenvalue weighted by molar-refractivity contribution is -0.385. The van der Waals surface area contributed by atoms with Gasteiger partial charge in [0.05, 0.1) is 21.7 Å². The number of nitrogens with zero attached hydrogens (tertiary/aromatic N) is 4. The second-order valence-electron chi connectivity index (χ2n) is 6.78. The fourth-order valence-electron chi connectivity index (χ4n) is 3.07. The van der Waals surface area contributed by atoms with Gasteiger partial charge in [0.1, 0.15) is 5.15 Å². The van der Waals surface area contributed by atoms with Crippen molar-refractivity contribution in [3.8, 4) is 0 Å². The molecule has 0 atom stereocenters. The molecule has 3 aromatic rings. The summed E-state index contributed by atoms with van der Waals surface area (Å²) >= 11 is 5.97. The van der Waals surface area contributed by atoms with Crippen LogP contribution in [0.3, 0.4) is 0 Å². The molecular weight excluding hydrogens is 424 g/mol. The van der Waals surface area contributed by atoms with Gasteiger partial charge in [0.2, 0.25) is 0 Å². The zero-order valence-corrected chi connectivity index (χ0v) is 17.2. The van der Waals surface area contributed by atoms with Gasteiger partial charge in [-0.15, -0.1) is 0 Å². The van der Waals surface area contributed by atoms with Crippen LogP contribution in [-0.2, 0) is 13.1 Å². The first-order valence-corrected chi connectivity index (χ1v) is 9.50. The van der Waals surface area contributed by atoms with Crippen molar-refractivity contribution in [1.29, 1.82) is 0 Å². The average molecular weight is 441 g/mol. The van der Waals surface area contributed by atoms with Crippen molar-refractivity contribution in [3.63, 3.8) is 0 Å². The number of aromatic nitrogens is 1. The summed E-state index contributed by atoms with van der Waals surface area (Å²) in [4.78, 5) is 39.0. The lowest BCUT2D eigenvalue weighted by atomic mass is 10.1. The van der Waals surface area contributed by atoms with Gasteiger partial charge >= 0.3 is 0 Å². The summed E-state index contributed by atoms with van der Waals surface area (Å²) in [5.41, 5.74) is 2.41. The predicted molar refractivity (Wildman–Crippen MR) is 115 cm³/mol. The molecule has 0 bridgehead atoms. The Kier molecular flexibility index (Phi) is 6.56. The molecule has 10 heteroatoms. The minimum absolute atomic E-state index is 0.0248. The molecule has 0 saturated carbocycles. The van der Waals surface area contributed by atoms with Crippen molar-refractivity contribution in [2.75, 3.05) is 4.90 Å². The van der Waals surface area contributed by atoms with Crippen LogP contribution >= 0.6 is 11.6 Å². The van der Waals surface area contributed by atoms with Gasteiger partial charge in [-0.05, 0) is 24.1 Å². The van der Waals surface area contributed by atoms with Crippen LogP contribution < -0.4 is 4.90 Å². The molecule has 2 aromatic carbocycles. The third kappa shape index (κ3) is 5.40. The second kappa shape index (κ2) is 9.31. The molecule has 0 amide bonds. The van der Waals surface area contributed by atoms with Gasteiger partial charge in [0.15, 0.2) is 5.78 Å². The number of benzene rings is 2. The molecule has 1 aromatic heterocycles. The Morgan fingerprint density at radius 2 is 1.39 bits per heavy atom. The molecule has 0 unspecified atom stereocenters. The largest absolute Gasteiger partial charge is 0.361 e. The number of carbonyl (C=O) groups is 1. The number of nitro groups is 2. The van der Waals surface area contributed by atoms with E-state index in [1.165, 1.54) is 43.5 Å². The first-order chi connectivity index (χ1) is 14.7. The third-order valence-electron chi connectivity index (χ3n) is 4.61. The molecular formula is C21H17ClN4O5. The van der Waals surface area contributed by atoms with Gasteiger partial charge in [-0.1, -0.05) is 35.9 Å². The van der Waals surface area contributed by atoms with Gasteiger partial charge in [0.25, 0.3) is 11.4 Å². The number of pyridine rings is 1. The van der Waals surface area contributed by atoms with E-state index in [1.54, 1.807) is 24.3 Å². The van der Waals surface area contributed by atoms with E-state index in [-0.39, 0.29) is 22.3 Å². The maximum Gasteiger partial charge on any atom is 0.269 e. The number of ketones is 1. The number of non-ortho nitro benzene ring substituents is 2. The zero-order chi connectivity index (χ0) is 22.5. The zero-order valence-electron chi connectivity index (χ0n) is 16.4. The molecule has 0 aliphatic rings. The highest BCUT2D eigenvalue weighted by atomic mass is 35.5. The minimum atomic E-state index is -0.477. The fraction of sp³-hybridized carbons (Fsp3) is 0.143. The van der Waals surface area contributed by atoms with Crippen molar-refractivity contribution in [2.24, 2.45) is 0 Å². The van der Waals surface area contributed by atoms with Gasteiger partial charge < -0.3 is 4.90 Å². The van der Waals surface area contributed by atoms with E-state index in [0.29, 0.717) is 24.3 Å². The first-order valence-electron chi connectivity index (χ1n) is 9.12. The second-order valence-corrected chi connectivity index (χ2v) is 7.17. The number of rotatable bonds is 8. The molecule has 0 fully saturated rings. The van der Waals surface area contributed by atoms with E-state index >= 15 is 0 Å². The van der Waals surface area contributed by atoms with Crippen LogP contribution in [0.5, 0.6) is 0 Å². The van der Waals surface area contributed by atoms with Crippen LogP contribution in [0.15, 0.2) is 60.8 Å². The molecule has 0 saturated heterocycles. The first kappa shape index (κ1) is 21.8. The molecule has 158 valence electrons. The van der Waals surface area contributed by atoms with E-state index in [0.717, 1.165) is 11.1 Å². The van der Waals surface area contributed by atoms with E-state index in [4.69, 9.17) is 11.6 Å². The molecule has 0 radical (unpaired) electrons. The van der Waals surface area contributed by atoms with Crippen molar-refractivity contribution in [2.45, 2.75) is 20.0 Å². The molecule has 0 spiro atoms. The van der Waals surface area contributed by atoms with Crippen molar-refractivity contribution < 1.29 is 14.6 Å². The number of carbonyl (C=O) groups excluding carboxylic acids is 1. The number of halogens is 1. The van der Waals surface area contributed by atoms with Crippen molar-refractivity contribution >= 4 is 34.4 Å². The molecule has 1 heterocycles. The summed E-state index contributed by atoms with van der Waals surface area (Å²) < 4.78 is 0. The number of hydrogen-bond acceptors (Lipinski definition) is 7. The highest BCUT2D eigenvalue weighted by Crippen LogP contribution is 2.27. The smallest absolute Gasteiger partial charge is 0.269 e. The van der Waals surface area contributed by atoms with Crippen molar-refractivity contribution in [1.82, 2.24) is 4.98 Å². The van der Waals surface area contributed by atoms with E-state index < -0.39 is 9.85 Å². The van der Waals surface area contributed by atoms with Crippen LogP contribution in [0.4, 0.5) is 17.1 Å². The quantitative estimate of drug-likeness (QED) is 0.210. The topological polar surface area (TPSA) is 119 Å². The van der Waals surface area contributed by atoms with Crippen LogP contribution in [0.1, 0.15) is 28.4 Å². The van der Waals surface area contributed by atoms with Crippen molar-refractivity contribution in [3.05, 3.63) is 103 Å². The molecule has 0 aliphatic heterocycles. The van der Waals surface area contributed by atoms with Crippen LogP contribution in [0.2, 0.25) is 5.15 Å². The Morgan fingerprint density at radius 1 is 0.935 bits per heavy atom. The summed E-state index contributed by atoms with van der Waals surface area (Å²) in [6.45, 7) is 2.06. The lowest BCUT2D eigenvalue weighted by Crippen LogP contribution is -2.24.